The Morgan fingerprint density at radius 1 is 1.46 bits per heavy atom. The lowest BCUT2D eigenvalue weighted by Gasteiger charge is -2.12. The highest BCUT2D eigenvalue weighted by atomic mass is 16.1. The number of hydrogen-bond acceptors (Lipinski definition) is 3. The summed E-state index contributed by atoms with van der Waals surface area (Å²) in [5.41, 5.74) is 1.68. The molecule has 0 bridgehead atoms. The summed E-state index contributed by atoms with van der Waals surface area (Å²) in [5, 5.41) is 0. The predicted molar refractivity (Wildman–Crippen MR) is 53.3 cm³/mol. The molecule has 0 saturated heterocycles. The fourth-order valence-electron chi connectivity index (χ4n) is 1.15. The van der Waals surface area contributed by atoms with Gasteiger partial charge in [0.2, 0.25) is 0 Å². The molecule has 0 amide bonds. The van der Waals surface area contributed by atoms with Gasteiger partial charge < -0.3 is 4.90 Å². The van der Waals surface area contributed by atoms with Gasteiger partial charge in [-0.15, -0.1) is 0 Å². The van der Waals surface area contributed by atoms with E-state index in [4.69, 9.17) is 0 Å². The first-order valence-corrected chi connectivity index (χ1v) is 4.17. The number of carbonyl (C=O) groups is 1. The van der Waals surface area contributed by atoms with Crippen LogP contribution in [0.1, 0.15) is 22.8 Å². The monoisotopic (exact) mass is 178 g/mol. The van der Waals surface area contributed by atoms with Gasteiger partial charge >= 0.3 is 0 Å². The summed E-state index contributed by atoms with van der Waals surface area (Å²) in [4.78, 5) is 17.2. The lowest BCUT2D eigenvalue weighted by molar-refractivity contribution is 0.101. The summed E-state index contributed by atoms with van der Waals surface area (Å²) in [6.07, 6.45) is 1.63. The molecule has 1 aromatic rings. The van der Waals surface area contributed by atoms with Gasteiger partial charge in [-0.3, -0.25) is 4.79 Å². The van der Waals surface area contributed by atoms with E-state index < -0.39 is 0 Å². The van der Waals surface area contributed by atoms with Crippen LogP contribution in [0.3, 0.4) is 0 Å². The van der Waals surface area contributed by atoms with Gasteiger partial charge in [-0.25, -0.2) is 4.98 Å². The Kier molecular flexibility index (Phi) is 2.66. The van der Waals surface area contributed by atoms with Gasteiger partial charge in [0, 0.05) is 25.9 Å². The van der Waals surface area contributed by atoms with Crippen LogP contribution < -0.4 is 4.90 Å². The number of hydrogen-bond donors (Lipinski definition) is 0. The highest BCUT2D eigenvalue weighted by Crippen LogP contribution is 2.13. The molecule has 3 heteroatoms. The van der Waals surface area contributed by atoms with Crippen LogP contribution in [0.5, 0.6) is 0 Å². The second-order valence-electron chi connectivity index (χ2n) is 3.31. The zero-order chi connectivity index (χ0) is 10.0. The number of rotatable bonds is 2. The number of anilines is 1. The number of Topliss-reactive ketones (excluding diaryl/α,β-unsaturated/α-hetero) is 1. The summed E-state index contributed by atoms with van der Waals surface area (Å²) in [7, 11) is 3.85. The standard InChI is InChI=1S/C10H14N2O/c1-7-5-10(12(3)4)11-6-9(7)8(2)13/h5-6H,1-4H3. The molecule has 0 aliphatic heterocycles. The van der Waals surface area contributed by atoms with Gasteiger partial charge in [0.05, 0.1) is 0 Å². The molecule has 0 aromatic carbocycles. The van der Waals surface area contributed by atoms with Crippen molar-refractivity contribution < 1.29 is 4.79 Å². The van der Waals surface area contributed by atoms with E-state index in [1.54, 1.807) is 13.1 Å². The van der Waals surface area contributed by atoms with E-state index >= 15 is 0 Å². The number of pyridine rings is 1. The van der Waals surface area contributed by atoms with Crippen molar-refractivity contribution in [2.75, 3.05) is 19.0 Å². The number of carbonyl (C=O) groups excluding carboxylic acids is 1. The van der Waals surface area contributed by atoms with E-state index in [9.17, 15) is 4.79 Å². The van der Waals surface area contributed by atoms with Crippen molar-refractivity contribution in [3.8, 4) is 0 Å². The van der Waals surface area contributed by atoms with Crippen molar-refractivity contribution in [3.63, 3.8) is 0 Å². The van der Waals surface area contributed by atoms with Gasteiger partial charge in [0.25, 0.3) is 0 Å². The fourth-order valence-corrected chi connectivity index (χ4v) is 1.15. The number of ketones is 1. The molecule has 0 saturated carbocycles. The van der Waals surface area contributed by atoms with Gasteiger partial charge in [-0.2, -0.15) is 0 Å². The number of aromatic nitrogens is 1. The van der Waals surface area contributed by atoms with Gasteiger partial charge in [0.1, 0.15) is 5.82 Å². The van der Waals surface area contributed by atoms with E-state index in [1.807, 2.05) is 32.0 Å². The second kappa shape index (κ2) is 3.56. The Morgan fingerprint density at radius 2 is 2.08 bits per heavy atom. The minimum atomic E-state index is 0.0651. The van der Waals surface area contributed by atoms with E-state index in [2.05, 4.69) is 4.98 Å². The number of nitrogens with zero attached hydrogens (tertiary/aromatic N) is 2. The van der Waals surface area contributed by atoms with E-state index in [-0.39, 0.29) is 5.78 Å². The SMILES string of the molecule is CC(=O)c1cnc(N(C)C)cc1C. The Bertz CT molecular complexity index is 332. The molecule has 1 heterocycles. The molecule has 0 aliphatic rings. The van der Waals surface area contributed by atoms with Crippen LogP contribution in [-0.2, 0) is 0 Å². The van der Waals surface area contributed by atoms with Crippen molar-refractivity contribution in [3.05, 3.63) is 23.4 Å². The average molecular weight is 178 g/mol. The molecule has 0 radical (unpaired) electrons. The minimum Gasteiger partial charge on any atom is -0.363 e. The smallest absolute Gasteiger partial charge is 0.161 e. The first kappa shape index (κ1) is 9.71. The van der Waals surface area contributed by atoms with E-state index in [0.717, 1.165) is 11.4 Å². The molecular weight excluding hydrogens is 164 g/mol. The molecule has 3 nitrogen and oxygen atoms in total. The molecule has 0 atom stereocenters. The molecule has 0 N–H and O–H groups in total. The Hall–Kier alpha value is -1.38. The van der Waals surface area contributed by atoms with Crippen molar-refractivity contribution in [2.24, 2.45) is 0 Å². The van der Waals surface area contributed by atoms with E-state index in [0.29, 0.717) is 5.56 Å². The Balaban J connectivity index is 3.13. The van der Waals surface area contributed by atoms with Gasteiger partial charge in [0.15, 0.2) is 5.78 Å². The Morgan fingerprint density at radius 3 is 2.46 bits per heavy atom. The molecule has 1 aromatic heterocycles. The maximum Gasteiger partial charge on any atom is 0.161 e. The van der Waals surface area contributed by atoms with Gasteiger partial charge in [-0.1, -0.05) is 0 Å². The van der Waals surface area contributed by atoms with Crippen LogP contribution in [0.15, 0.2) is 12.3 Å². The molecule has 1 rings (SSSR count). The highest BCUT2D eigenvalue weighted by molar-refractivity contribution is 5.95. The third-order valence-electron chi connectivity index (χ3n) is 1.93. The molecule has 0 aliphatic carbocycles. The average Bonchev–Trinajstić information content (AvgIpc) is 2.03. The summed E-state index contributed by atoms with van der Waals surface area (Å²) >= 11 is 0. The predicted octanol–water partition coefficient (Wildman–Crippen LogP) is 1.66. The van der Waals surface area contributed by atoms with Crippen LogP contribution >= 0.6 is 0 Å². The molecule has 13 heavy (non-hydrogen) atoms. The minimum absolute atomic E-state index is 0.0651. The Labute approximate surface area is 78.4 Å². The quantitative estimate of drug-likeness (QED) is 0.646. The molecule has 0 fully saturated rings. The summed E-state index contributed by atoms with van der Waals surface area (Å²) < 4.78 is 0. The van der Waals surface area contributed by atoms with Crippen molar-refractivity contribution in [2.45, 2.75) is 13.8 Å². The van der Waals surface area contributed by atoms with Crippen LogP contribution in [0.25, 0.3) is 0 Å². The van der Waals surface area contributed by atoms with E-state index in [1.165, 1.54) is 0 Å². The first-order valence-electron chi connectivity index (χ1n) is 4.17. The van der Waals surface area contributed by atoms with Crippen LogP contribution in [-0.4, -0.2) is 24.9 Å². The lowest BCUT2D eigenvalue weighted by atomic mass is 10.1. The molecule has 70 valence electrons. The molecule has 0 unspecified atom stereocenters. The normalized spacial score (nSPS) is 9.85. The third kappa shape index (κ3) is 2.05. The summed E-state index contributed by atoms with van der Waals surface area (Å²) in [5.74, 6) is 0.942. The zero-order valence-electron chi connectivity index (χ0n) is 8.46. The molecule has 0 spiro atoms. The van der Waals surface area contributed by atoms with Crippen LogP contribution in [0, 0.1) is 6.92 Å². The lowest BCUT2D eigenvalue weighted by Crippen LogP contribution is -2.11. The maximum absolute atomic E-state index is 11.1. The van der Waals surface area contributed by atoms with Crippen LogP contribution in [0.2, 0.25) is 0 Å². The topological polar surface area (TPSA) is 33.2 Å². The zero-order valence-corrected chi connectivity index (χ0v) is 8.46. The largest absolute Gasteiger partial charge is 0.363 e. The summed E-state index contributed by atoms with van der Waals surface area (Å²) in [6.45, 7) is 3.48. The van der Waals surface area contributed by atoms with Crippen molar-refractivity contribution in [1.82, 2.24) is 4.98 Å². The van der Waals surface area contributed by atoms with Gasteiger partial charge in [-0.05, 0) is 25.5 Å². The molecular formula is C10H14N2O. The highest BCUT2D eigenvalue weighted by Gasteiger charge is 2.05. The third-order valence-corrected chi connectivity index (χ3v) is 1.93. The summed E-state index contributed by atoms with van der Waals surface area (Å²) in [6, 6.07) is 1.91. The fraction of sp³-hybridized carbons (Fsp3) is 0.400. The van der Waals surface area contributed by atoms with Crippen LogP contribution in [0.4, 0.5) is 5.82 Å². The maximum atomic E-state index is 11.1. The second-order valence-corrected chi connectivity index (χ2v) is 3.31. The van der Waals surface area contributed by atoms with Crippen molar-refractivity contribution in [1.29, 1.82) is 0 Å². The number of aryl methyl sites for hydroxylation is 1. The van der Waals surface area contributed by atoms with Crippen molar-refractivity contribution >= 4 is 11.6 Å². The first-order chi connectivity index (χ1) is 6.02.